The van der Waals surface area contributed by atoms with Crippen molar-refractivity contribution < 1.29 is 9.53 Å². The van der Waals surface area contributed by atoms with Gasteiger partial charge >= 0.3 is 0 Å². The highest BCUT2D eigenvalue weighted by molar-refractivity contribution is 5.52. The molecule has 0 aromatic heterocycles. The highest BCUT2D eigenvalue weighted by Crippen LogP contribution is 1.93. The first-order valence-corrected chi connectivity index (χ1v) is 3.84. The summed E-state index contributed by atoms with van der Waals surface area (Å²) < 4.78 is 5.20. The second-order valence-corrected chi connectivity index (χ2v) is 2.54. The maximum absolute atomic E-state index is 10.1. The van der Waals surface area contributed by atoms with E-state index in [-0.39, 0.29) is 5.92 Å². The molecule has 60 valence electrons. The minimum atomic E-state index is 0.0526. The van der Waals surface area contributed by atoms with Gasteiger partial charge in [-0.3, -0.25) is 0 Å². The smallest absolute Gasteiger partial charge is 0.125 e. The molecule has 0 spiro atoms. The van der Waals surface area contributed by atoms with Gasteiger partial charge in [0.1, 0.15) is 6.29 Å². The van der Waals surface area contributed by atoms with E-state index in [0.29, 0.717) is 6.61 Å². The molecular weight excluding hydrogens is 128 g/mol. The van der Waals surface area contributed by atoms with Crippen LogP contribution in [-0.2, 0) is 9.53 Å². The van der Waals surface area contributed by atoms with Crippen LogP contribution < -0.4 is 0 Å². The number of ether oxygens (including phenoxy) is 1. The summed E-state index contributed by atoms with van der Waals surface area (Å²) in [6.07, 6.45) is 3.16. The average Bonchev–Trinajstić information content (AvgIpc) is 1.98. The van der Waals surface area contributed by atoms with Gasteiger partial charge in [0.25, 0.3) is 0 Å². The molecule has 0 rings (SSSR count). The molecule has 2 heteroatoms. The van der Waals surface area contributed by atoms with Crippen LogP contribution in [0, 0.1) is 5.92 Å². The molecular formula is C8H16O2. The number of carbonyl (C=O) groups excluding carboxylic acids is 1. The second-order valence-electron chi connectivity index (χ2n) is 2.54. The predicted molar refractivity (Wildman–Crippen MR) is 41.0 cm³/mol. The molecule has 0 aliphatic heterocycles. The number of hydrogen-bond acceptors (Lipinski definition) is 2. The van der Waals surface area contributed by atoms with Crippen molar-refractivity contribution in [2.45, 2.75) is 26.7 Å². The monoisotopic (exact) mass is 144 g/mol. The summed E-state index contributed by atoms with van der Waals surface area (Å²) in [6, 6.07) is 0. The Hall–Kier alpha value is -0.370. The molecule has 0 fully saturated rings. The van der Waals surface area contributed by atoms with E-state index in [1.807, 2.05) is 6.92 Å². The zero-order valence-corrected chi connectivity index (χ0v) is 6.80. The molecule has 1 atom stereocenters. The third kappa shape index (κ3) is 5.76. The Morgan fingerprint density at radius 1 is 1.60 bits per heavy atom. The lowest BCUT2D eigenvalue weighted by Gasteiger charge is -2.03. The van der Waals surface area contributed by atoms with Crippen LogP contribution in [0.1, 0.15) is 26.7 Å². The van der Waals surface area contributed by atoms with Gasteiger partial charge in [-0.15, -0.1) is 0 Å². The largest absolute Gasteiger partial charge is 0.381 e. The van der Waals surface area contributed by atoms with E-state index in [2.05, 4.69) is 6.92 Å². The van der Waals surface area contributed by atoms with Crippen LogP contribution in [0.3, 0.4) is 0 Å². The predicted octanol–water partition coefficient (Wildman–Crippen LogP) is 1.64. The van der Waals surface area contributed by atoms with Crippen LogP contribution in [0.2, 0.25) is 0 Å². The van der Waals surface area contributed by atoms with Crippen LogP contribution in [-0.4, -0.2) is 19.5 Å². The molecule has 0 saturated heterocycles. The molecule has 0 aromatic rings. The number of hydrogen-bond donors (Lipinski definition) is 0. The zero-order chi connectivity index (χ0) is 7.82. The van der Waals surface area contributed by atoms with E-state index in [1.54, 1.807) is 0 Å². The molecule has 0 saturated carbocycles. The molecule has 2 nitrogen and oxygen atoms in total. The lowest BCUT2D eigenvalue weighted by molar-refractivity contribution is -0.112. The van der Waals surface area contributed by atoms with Crippen molar-refractivity contribution in [2.75, 3.05) is 13.2 Å². The standard InChI is InChI=1S/C8H16O2/c1-3-4-5-10-7-8(2)6-9/h6,8H,3-5,7H2,1-2H3/t8-/m1/s1. The van der Waals surface area contributed by atoms with Gasteiger partial charge in [-0.1, -0.05) is 20.3 Å². The van der Waals surface area contributed by atoms with Gasteiger partial charge in [0.15, 0.2) is 0 Å². The van der Waals surface area contributed by atoms with Crippen LogP contribution in [0.5, 0.6) is 0 Å². The topological polar surface area (TPSA) is 26.3 Å². The van der Waals surface area contributed by atoms with Crippen molar-refractivity contribution in [3.05, 3.63) is 0 Å². The molecule has 0 radical (unpaired) electrons. The molecule has 0 unspecified atom stereocenters. The molecule has 10 heavy (non-hydrogen) atoms. The minimum Gasteiger partial charge on any atom is -0.381 e. The number of carbonyl (C=O) groups is 1. The number of unbranched alkanes of at least 4 members (excludes halogenated alkanes) is 1. The molecule has 0 bridgehead atoms. The normalized spacial score (nSPS) is 13.0. The van der Waals surface area contributed by atoms with Crippen LogP contribution in [0.25, 0.3) is 0 Å². The first-order valence-electron chi connectivity index (χ1n) is 3.84. The summed E-state index contributed by atoms with van der Waals surface area (Å²) in [7, 11) is 0. The Morgan fingerprint density at radius 3 is 2.80 bits per heavy atom. The summed E-state index contributed by atoms with van der Waals surface area (Å²) in [5.74, 6) is 0.0526. The van der Waals surface area contributed by atoms with Gasteiger partial charge in [-0.05, 0) is 6.42 Å². The van der Waals surface area contributed by atoms with Crippen LogP contribution in [0.15, 0.2) is 0 Å². The van der Waals surface area contributed by atoms with E-state index >= 15 is 0 Å². The Bertz CT molecular complexity index is 81.3. The fraction of sp³-hybridized carbons (Fsp3) is 0.875. The third-order valence-corrected chi connectivity index (χ3v) is 1.26. The summed E-state index contributed by atoms with van der Waals surface area (Å²) >= 11 is 0. The molecule has 0 aliphatic rings. The van der Waals surface area contributed by atoms with E-state index < -0.39 is 0 Å². The summed E-state index contributed by atoms with van der Waals surface area (Å²) in [4.78, 5) is 10.1. The fourth-order valence-corrected chi connectivity index (χ4v) is 0.555. The van der Waals surface area contributed by atoms with Crippen molar-refractivity contribution in [1.29, 1.82) is 0 Å². The lowest BCUT2D eigenvalue weighted by Crippen LogP contribution is -2.07. The molecule has 0 amide bonds. The van der Waals surface area contributed by atoms with Crippen LogP contribution in [0.4, 0.5) is 0 Å². The van der Waals surface area contributed by atoms with Gasteiger partial charge in [0.2, 0.25) is 0 Å². The van der Waals surface area contributed by atoms with Crippen molar-refractivity contribution in [2.24, 2.45) is 5.92 Å². The molecule has 0 heterocycles. The van der Waals surface area contributed by atoms with E-state index in [0.717, 1.165) is 25.7 Å². The van der Waals surface area contributed by atoms with Crippen molar-refractivity contribution in [3.63, 3.8) is 0 Å². The molecule has 0 N–H and O–H groups in total. The maximum atomic E-state index is 10.1. The first kappa shape index (κ1) is 9.63. The van der Waals surface area contributed by atoms with Crippen molar-refractivity contribution in [3.8, 4) is 0 Å². The third-order valence-electron chi connectivity index (χ3n) is 1.26. The highest BCUT2D eigenvalue weighted by atomic mass is 16.5. The van der Waals surface area contributed by atoms with E-state index in [9.17, 15) is 4.79 Å². The summed E-state index contributed by atoms with van der Waals surface area (Å²) in [5, 5.41) is 0. The SMILES string of the molecule is CCCCOC[C@H](C)C=O. The number of rotatable bonds is 6. The summed E-state index contributed by atoms with van der Waals surface area (Å²) in [5.41, 5.74) is 0. The Labute approximate surface area is 62.6 Å². The lowest BCUT2D eigenvalue weighted by atomic mass is 10.2. The second kappa shape index (κ2) is 6.75. The van der Waals surface area contributed by atoms with Gasteiger partial charge in [0, 0.05) is 12.5 Å². The molecule has 0 aromatic carbocycles. The average molecular weight is 144 g/mol. The van der Waals surface area contributed by atoms with Crippen LogP contribution >= 0.6 is 0 Å². The van der Waals surface area contributed by atoms with E-state index in [4.69, 9.17) is 4.74 Å². The first-order chi connectivity index (χ1) is 4.81. The van der Waals surface area contributed by atoms with Gasteiger partial charge in [-0.25, -0.2) is 0 Å². The Kier molecular flexibility index (Phi) is 6.50. The van der Waals surface area contributed by atoms with E-state index in [1.165, 1.54) is 0 Å². The van der Waals surface area contributed by atoms with Crippen molar-refractivity contribution >= 4 is 6.29 Å². The molecule has 0 aliphatic carbocycles. The fourth-order valence-electron chi connectivity index (χ4n) is 0.555. The summed E-state index contributed by atoms with van der Waals surface area (Å²) in [6.45, 7) is 5.34. The van der Waals surface area contributed by atoms with Crippen molar-refractivity contribution in [1.82, 2.24) is 0 Å². The Balaban J connectivity index is 2.95. The van der Waals surface area contributed by atoms with Gasteiger partial charge in [0.05, 0.1) is 6.61 Å². The zero-order valence-electron chi connectivity index (χ0n) is 6.80. The Morgan fingerprint density at radius 2 is 2.30 bits per heavy atom. The minimum absolute atomic E-state index is 0.0526. The maximum Gasteiger partial charge on any atom is 0.125 e. The van der Waals surface area contributed by atoms with Gasteiger partial charge in [-0.2, -0.15) is 0 Å². The highest BCUT2D eigenvalue weighted by Gasteiger charge is 1.97. The quantitative estimate of drug-likeness (QED) is 0.418. The number of aldehydes is 1. The van der Waals surface area contributed by atoms with Gasteiger partial charge < -0.3 is 9.53 Å².